The first kappa shape index (κ1) is 14.3. The maximum atomic E-state index is 6.24. The predicted octanol–water partition coefficient (Wildman–Crippen LogP) is 3.90. The molecule has 1 aromatic rings. The van der Waals surface area contributed by atoms with Gasteiger partial charge in [0.2, 0.25) is 0 Å². The Bertz CT molecular complexity index is 461. The maximum absolute atomic E-state index is 6.24. The molecule has 0 radical (unpaired) electrons. The van der Waals surface area contributed by atoms with Gasteiger partial charge in [0.25, 0.3) is 0 Å². The minimum Gasteiger partial charge on any atom is -0.490 e. The zero-order valence-electron chi connectivity index (χ0n) is 12.0. The molecule has 0 spiro atoms. The van der Waals surface area contributed by atoms with E-state index >= 15 is 0 Å². The molecule has 0 aliphatic heterocycles. The number of nitrogens with two attached hydrogens (primary N) is 1. The number of rotatable bonds is 3. The Labute approximate surface area is 121 Å². The monoisotopic (exact) mass is 277 g/mol. The molecule has 3 heteroatoms. The van der Waals surface area contributed by atoms with Crippen LogP contribution in [-0.4, -0.2) is 11.1 Å². The zero-order valence-corrected chi connectivity index (χ0v) is 12.8. The normalized spacial score (nSPS) is 23.1. The SMILES string of the molecule is Cc1cc(C(N)=S)cc(C)c1OC1CCCC(C)C1. The molecule has 1 aliphatic rings. The lowest BCUT2D eigenvalue weighted by molar-refractivity contribution is 0.127. The first-order chi connectivity index (χ1) is 8.97. The van der Waals surface area contributed by atoms with Crippen LogP contribution < -0.4 is 10.5 Å². The van der Waals surface area contributed by atoms with Crippen molar-refractivity contribution >= 4 is 17.2 Å². The van der Waals surface area contributed by atoms with Crippen LogP contribution in [0.15, 0.2) is 12.1 Å². The minimum atomic E-state index is 0.358. The Morgan fingerprint density at radius 1 is 1.26 bits per heavy atom. The van der Waals surface area contributed by atoms with Crippen molar-refractivity contribution in [2.75, 3.05) is 0 Å². The lowest BCUT2D eigenvalue weighted by atomic mass is 9.88. The van der Waals surface area contributed by atoms with E-state index in [0.29, 0.717) is 11.1 Å². The van der Waals surface area contributed by atoms with Crippen LogP contribution in [0.2, 0.25) is 0 Å². The van der Waals surface area contributed by atoms with Crippen molar-refractivity contribution < 1.29 is 4.74 Å². The van der Waals surface area contributed by atoms with Crippen LogP contribution in [0.5, 0.6) is 5.75 Å². The van der Waals surface area contributed by atoms with Gasteiger partial charge in [-0.15, -0.1) is 0 Å². The van der Waals surface area contributed by atoms with E-state index < -0.39 is 0 Å². The van der Waals surface area contributed by atoms with Gasteiger partial charge in [0.15, 0.2) is 0 Å². The highest BCUT2D eigenvalue weighted by atomic mass is 32.1. The molecule has 0 bridgehead atoms. The average Bonchev–Trinajstić information content (AvgIpc) is 2.33. The first-order valence-corrected chi connectivity index (χ1v) is 7.46. The maximum Gasteiger partial charge on any atom is 0.125 e. The smallest absolute Gasteiger partial charge is 0.125 e. The molecular formula is C16H23NOS. The molecular weight excluding hydrogens is 254 g/mol. The molecule has 1 aliphatic carbocycles. The fourth-order valence-electron chi connectivity index (χ4n) is 2.93. The summed E-state index contributed by atoms with van der Waals surface area (Å²) in [6, 6.07) is 4.05. The van der Waals surface area contributed by atoms with E-state index in [1.165, 1.54) is 19.3 Å². The number of thiocarbonyl (C=S) groups is 1. The summed E-state index contributed by atoms with van der Waals surface area (Å²) in [5.74, 6) is 1.79. The molecule has 2 rings (SSSR count). The van der Waals surface area contributed by atoms with Crippen molar-refractivity contribution in [3.63, 3.8) is 0 Å². The van der Waals surface area contributed by atoms with Gasteiger partial charge in [-0.1, -0.05) is 25.6 Å². The Morgan fingerprint density at radius 3 is 2.42 bits per heavy atom. The van der Waals surface area contributed by atoms with Crippen LogP contribution in [0.1, 0.15) is 49.3 Å². The van der Waals surface area contributed by atoms with Crippen molar-refractivity contribution in [2.24, 2.45) is 11.7 Å². The summed E-state index contributed by atoms with van der Waals surface area (Å²) in [6.45, 7) is 6.44. The highest BCUT2D eigenvalue weighted by Crippen LogP contribution is 2.31. The Kier molecular flexibility index (Phi) is 4.46. The van der Waals surface area contributed by atoms with E-state index in [2.05, 4.69) is 20.8 Å². The van der Waals surface area contributed by atoms with E-state index in [9.17, 15) is 0 Å². The lowest BCUT2D eigenvalue weighted by Crippen LogP contribution is -2.24. The third-order valence-electron chi connectivity index (χ3n) is 3.92. The Balaban J connectivity index is 2.18. The third-order valence-corrected chi connectivity index (χ3v) is 4.15. The molecule has 2 N–H and O–H groups in total. The molecule has 0 heterocycles. The molecule has 0 aromatic heterocycles. The van der Waals surface area contributed by atoms with Gasteiger partial charge in [0.05, 0.1) is 6.10 Å². The topological polar surface area (TPSA) is 35.2 Å². The Hall–Kier alpha value is -1.09. The molecule has 1 fully saturated rings. The van der Waals surface area contributed by atoms with Gasteiger partial charge in [-0.2, -0.15) is 0 Å². The van der Waals surface area contributed by atoms with Crippen molar-refractivity contribution in [1.82, 2.24) is 0 Å². The van der Waals surface area contributed by atoms with Crippen molar-refractivity contribution in [2.45, 2.75) is 52.6 Å². The molecule has 2 nitrogen and oxygen atoms in total. The number of hydrogen-bond acceptors (Lipinski definition) is 2. The van der Waals surface area contributed by atoms with Crippen molar-refractivity contribution in [3.05, 3.63) is 28.8 Å². The van der Waals surface area contributed by atoms with Crippen molar-refractivity contribution in [1.29, 1.82) is 0 Å². The molecule has 1 aromatic carbocycles. The summed E-state index contributed by atoms with van der Waals surface area (Å²) in [5.41, 5.74) is 8.87. The highest BCUT2D eigenvalue weighted by Gasteiger charge is 2.21. The highest BCUT2D eigenvalue weighted by molar-refractivity contribution is 7.80. The van der Waals surface area contributed by atoms with Crippen LogP contribution >= 0.6 is 12.2 Å². The van der Waals surface area contributed by atoms with E-state index in [-0.39, 0.29) is 0 Å². The summed E-state index contributed by atoms with van der Waals surface area (Å²) in [6.07, 6.45) is 5.29. The van der Waals surface area contributed by atoms with E-state index in [0.717, 1.165) is 34.8 Å². The van der Waals surface area contributed by atoms with Gasteiger partial charge in [-0.05, 0) is 62.3 Å². The van der Waals surface area contributed by atoms with Crippen LogP contribution in [-0.2, 0) is 0 Å². The molecule has 2 atom stereocenters. The standard InChI is InChI=1S/C16H23NOS/c1-10-5-4-6-14(7-10)18-15-11(2)8-13(16(17)19)9-12(15)3/h8-10,14H,4-7H2,1-3H3,(H2,17,19). The Morgan fingerprint density at radius 2 is 1.89 bits per heavy atom. The summed E-state index contributed by atoms with van der Waals surface area (Å²) in [5, 5.41) is 0. The second-order valence-electron chi connectivity index (χ2n) is 5.82. The number of hydrogen-bond donors (Lipinski definition) is 1. The van der Waals surface area contributed by atoms with Gasteiger partial charge in [0.1, 0.15) is 10.7 Å². The number of benzene rings is 1. The lowest BCUT2D eigenvalue weighted by Gasteiger charge is -2.28. The van der Waals surface area contributed by atoms with Crippen LogP contribution in [0, 0.1) is 19.8 Å². The molecule has 0 saturated heterocycles. The van der Waals surface area contributed by atoms with Crippen LogP contribution in [0.4, 0.5) is 0 Å². The van der Waals surface area contributed by atoms with Crippen LogP contribution in [0.3, 0.4) is 0 Å². The number of ether oxygens (including phenoxy) is 1. The quantitative estimate of drug-likeness (QED) is 0.851. The molecule has 104 valence electrons. The fraction of sp³-hybridized carbons (Fsp3) is 0.562. The first-order valence-electron chi connectivity index (χ1n) is 7.05. The van der Waals surface area contributed by atoms with E-state index in [1.54, 1.807) is 0 Å². The largest absolute Gasteiger partial charge is 0.490 e. The molecule has 2 unspecified atom stereocenters. The van der Waals surface area contributed by atoms with Gasteiger partial charge >= 0.3 is 0 Å². The molecule has 19 heavy (non-hydrogen) atoms. The molecule has 1 saturated carbocycles. The fourth-order valence-corrected chi connectivity index (χ4v) is 3.05. The second kappa shape index (κ2) is 5.91. The number of aryl methyl sites for hydroxylation is 2. The summed E-state index contributed by atoms with van der Waals surface area (Å²) < 4.78 is 6.24. The van der Waals surface area contributed by atoms with Gasteiger partial charge in [-0.3, -0.25) is 0 Å². The predicted molar refractivity (Wildman–Crippen MR) is 83.9 cm³/mol. The summed E-state index contributed by atoms with van der Waals surface area (Å²) >= 11 is 5.04. The average molecular weight is 277 g/mol. The van der Waals surface area contributed by atoms with Gasteiger partial charge in [0, 0.05) is 5.56 Å². The summed E-state index contributed by atoms with van der Waals surface area (Å²) in [7, 11) is 0. The van der Waals surface area contributed by atoms with Crippen molar-refractivity contribution in [3.8, 4) is 5.75 Å². The minimum absolute atomic E-state index is 0.358. The third kappa shape index (κ3) is 3.47. The summed E-state index contributed by atoms with van der Waals surface area (Å²) in [4.78, 5) is 0.448. The van der Waals surface area contributed by atoms with Gasteiger partial charge < -0.3 is 10.5 Å². The molecule has 0 amide bonds. The zero-order chi connectivity index (χ0) is 14.0. The second-order valence-corrected chi connectivity index (χ2v) is 6.25. The van der Waals surface area contributed by atoms with E-state index in [4.69, 9.17) is 22.7 Å². The van der Waals surface area contributed by atoms with Crippen LogP contribution in [0.25, 0.3) is 0 Å². The van der Waals surface area contributed by atoms with Gasteiger partial charge in [-0.25, -0.2) is 0 Å². The van der Waals surface area contributed by atoms with E-state index in [1.807, 2.05) is 12.1 Å².